The van der Waals surface area contributed by atoms with E-state index in [1.807, 2.05) is 37.3 Å². The van der Waals surface area contributed by atoms with Gasteiger partial charge in [0.1, 0.15) is 17.3 Å². The van der Waals surface area contributed by atoms with E-state index in [4.69, 9.17) is 0 Å². The molecule has 0 atom stereocenters. The van der Waals surface area contributed by atoms with Gasteiger partial charge in [-0.1, -0.05) is 12.1 Å². The molecule has 0 spiro atoms. The second-order valence-electron chi connectivity index (χ2n) is 6.78. The van der Waals surface area contributed by atoms with Crippen LogP contribution in [0.2, 0.25) is 0 Å². The Morgan fingerprint density at radius 2 is 2.03 bits per heavy atom. The van der Waals surface area contributed by atoms with Crippen LogP contribution in [-0.2, 0) is 13.0 Å². The Morgan fingerprint density at radius 1 is 1.17 bits per heavy atom. The smallest absolute Gasteiger partial charge is 0.267 e. The Balaban J connectivity index is 1.59. The van der Waals surface area contributed by atoms with Crippen LogP contribution in [0.4, 0.5) is 8.78 Å². The Morgan fingerprint density at radius 3 is 2.79 bits per heavy atom. The molecule has 7 heteroatoms. The van der Waals surface area contributed by atoms with E-state index in [1.165, 1.54) is 12.1 Å². The molecule has 0 saturated heterocycles. The van der Waals surface area contributed by atoms with Gasteiger partial charge in [0.25, 0.3) is 5.91 Å². The number of carbonyl (C=O) groups is 1. The summed E-state index contributed by atoms with van der Waals surface area (Å²) in [7, 11) is 0. The number of nitrogens with zero attached hydrogens (tertiary/aromatic N) is 2. The monoisotopic (exact) mass is 411 g/mol. The van der Waals surface area contributed by atoms with Gasteiger partial charge in [0.15, 0.2) is 0 Å². The van der Waals surface area contributed by atoms with E-state index in [0.29, 0.717) is 24.2 Å². The molecule has 3 aromatic heterocycles. The van der Waals surface area contributed by atoms with E-state index in [0.717, 1.165) is 26.9 Å². The number of pyridine rings is 1. The van der Waals surface area contributed by atoms with Crippen LogP contribution in [0.5, 0.6) is 0 Å². The molecular weight excluding hydrogens is 392 g/mol. The van der Waals surface area contributed by atoms with Crippen molar-refractivity contribution in [3.05, 3.63) is 88.2 Å². The van der Waals surface area contributed by atoms with Gasteiger partial charge in [0, 0.05) is 41.4 Å². The first-order chi connectivity index (χ1) is 14.0. The molecule has 148 valence electrons. The number of nitrogens with one attached hydrogen (secondary N) is 1. The van der Waals surface area contributed by atoms with Crippen molar-refractivity contribution >= 4 is 27.5 Å². The zero-order chi connectivity index (χ0) is 20.4. The summed E-state index contributed by atoms with van der Waals surface area (Å²) in [6, 6.07) is 13.0. The molecule has 0 aliphatic heterocycles. The predicted molar refractivity (Wildman–Crippen MR) is 110 cm³/mol. The lowest BCUT2D eigenvalue weighted by Gasteiger charge is -2.12. The molecular formula is C22H19F2N3OS. The molecule has 29 heavy (non-hydrogen) atoms. The molecule has 1 amide bonds. The summed E-state index contributed by atoms with van der Waals surface area (Å²) < 4.78 is 30.2. The van der Waals surface area contributed by atoms with Crippen LogP contribution in [0.15, 0.2) is 54.7 Å². The first-order valence-corrected chi connectivity index (χ1v) is 10.0. The van der Waals surface area contributed by atoms with Crippen molar-refractivity contribution in [3.8, 4) is 0 Å². The van der Waals surface area contributed by atoms with Gasteiger partial charge >= 0.3 is 0 Å². The van der Waals surface area contributed by atoms with Crippen molar-refractivity contribution in [1.29, 1.82) is 0 Å². The molecule has 3 heterocycles. The summed E-state index contributed by atoms with van der Waals surface area (Å²) in [6.45, 7) is 2.58. The van der Waals surface area contributed by atoms with Gasteiger partial charge in [-0.3, -0.25) is 9.78 Å². The van der Waals surface area contributed by atoms with E-state index in [1.54, 1.807) is 22.1 Å². The standard InChI is InChI=1S/C22H19F2N3OS/c1-14-10-19-21(29-14)12-20(22(28)26-9-7-17-4-2-3-8-25-17)27(19)13-15-5-6-16(23)11-18(15)24/h2-6,8,10-12H,7,9,13H2,1H3,(H,26,28). The molecule has 4 rings (SSSR count). The van der Waals surface area contributed by atoms with Gasteiger partial charge < -0.3 is 9.88 Å². The Hall–Kier alpha value is -3.06. The first-order valence-electron chi connectivity index (χ1n) is 9.23. The number of aromatic nitrogens is 2. The molecule has 4 aromatic rings. The maximum Gasteiger partial charge on any atom is 0.267 e. The lowest BCUT2D eigenvalue weighted by molar-refractivity contribution is 0.0945. The number of hydrogen-bond donors (Lipinski definition) is 1. The number of rotatable bonds is 6. The summed E-state index contributed by atoms with van der Waals surface area (Å²) in [6.07, 6.45) is 2.34. The van der Waals surface area contributed by atoms with Gasteiger partial charge in [-0.05, 0) is 37.3 Å². The van der Waals surface area contributed by atoms with E-state index >= 15 is 0 Å². The normalized spacial score (nSPS) is 11.1. The van der Waals surface area contributed by atoms with Crippen molar-refractivity contribution in [1.82, 2.24) is 14.9 Å². The fraction of sp³-hybridized carbons (Fsp3) is 0.182. The number of thiophene rings is 1. The van der Waals surface area contributed by atoms with E-state index in [9.17, 15) is 13.6 Å². The highest BCUT2D eigenvalue weighted by Crippen LogP contribution is 2.29. The topological polar surface area (TPSA) is 46.9 Å². The van der Waals surface area contributed by atoms with Gasteiger partial charge in [-0.2, -0.15) is 0 Å². The summed E-state index contributed by atoms with van der Waals surface area (Å²) in [4.78, 5) is 18.2. The van der Waals surface area contributed by atoms with Crippen LogP contribution in [0.1, 0.15) is 26.6 Å². The second kappa shape index (κ2) is 8.13. The molecule has 0 aliphatic carbocycles. The van der Waals surface area contributed by atoms with Crippen molar-refractivity contribution in [2.45, 2.75) is 19.9 Å². The summed E-state index contributed by atoms with van der Waals surface area (Å²) in [5.74, 6) is -1.48. The molecule has 0 aliphatic rings. The minimum atomic E-state index is -0.625. The minimum absolute atomic E-state index is 0.148. The number of amides is 1. The van der Waals surface area contributed by atoms with E-state index < -0.39 is 11.6 Å². The first kappa shape index (κ1) is 19.3. The zero-order valence-electron chi connectivity index (χ0n) is 15.8. The summed E-state index contributed by atoms with van der Waals surface area (Å²) in [5, 5.41) is 2.91. The third kappa shape index (κ3) is 4.19. The number of hydrogen-bond acceptors (Lipinski definition) is 3. The Kier molecular flexibility index (Phi) is 5.40. The van der Waals surface area contributed by atoms with Crippen LogP contribution in [-0.4, -0.2) is 22.0 Å². The van der Waals surface area contributed by atoms with Crippen LogP contribution in [0.25, 0.3) is 10.2 Å². The molecule has 0 radical (unpaired) electrons. The average molecular weight is 411 g/mol. The molecule has 0 unspecified atom stereocenters. The van der Waals surface area contributed by atoms with Gasteiger partial charge in [-0.25, -0.2) is 8.78 Å². The van der Waals surface area contributed by atoms with Crippen LogP contribution < -0.4 is 5.32 Å². The Bertz CT molecular complexity index is 1170. The fourth-order valence-electron chi connectivity index (χ4n) is 3.28. The number of benzene rings is 1. The number of carbonyl (C=O) groups excluding carboxylic acids is 1. The van der Waals surface area contributed by atoms with Crippen molar-refractivity contribution < 1.29 is 13.6 Å². The number of halogens is 2. The highest BCUT2D eigenvalue weighted by molar-refractivity contribution is 7.19. The average Bonchev–Trinajstić information content (AvgIpc) is 3.21. The van der Waals surface area contributed by atoms with Gasteiger partial charge in [0.2, 0.25) is 0 Å². The Labute approximate surface area is 170 Å². The molecule has 0 fully saturated rings. The number of aryl methyl sites for hydroxylation is 1. The van der Waals surface area contributed by atoms with Crippen LogP contribution >= 0.6 is 11.3 Å². The molecule has 4 nitrogen and oxygen atoms in total. The van der Waals surface area contributed by atoms with Crippen LogP contribution in [0.3, 0.4) is 0 Å². The number of fused-ring (bicyclic) bond motifs is 1. The van der Waals surface area contributed by atoms with Crippen molar-refractivity contribution in [2.24, 2.45) is 0 Å². The van der Waals surface area contributed by atoms with E-state index in [-0.39, 0.29) is 12.5 Å². The summed E-state index contributed by atoms with van der Waals surface area (Å²) >= 11 is 1.58. The fourth-order valence-corrected chi connectivity index (χ4v) is 4.25. The highest BCUT2D eigenvalue weighted by Gasteiger charge is 2.18. The van der Waals surface area contributed by atoms with E-state index in [2.05, 4.69) is 10.3 Å². The minimum Gasteiger partial charge on any atom is -0.350 e. The van der Waals surface area contributed by atoms with Crippen molar-refractivity contribution in [3.63, 3.8) is 0 Å². The highest BCUT2D eigenvalue weighted by atomic mass is 32.1. The third-order valence-corrected chi connectivity index (χ3v) is 5.67. The molecule has 0 bridgehead atoms. The zero-order valence-corrected chi connectivity index (χ0v) is 16.6. The molecule has 1 N–H and O–H groups in total. The van der Waals surface area contributed by atoms with Gasteiger partial charge in [-0.15, -0.1) is 11.3 Å². The summed E-state index contributed by atoms with van der Waals surface area (Å²) in [5.41, 5.74) is 2.55. The lowest BCUT2D eigenvalue weighted by atomic mass is 10.2. The maximum absolute atomic E-state index is 14.2. The lowest BCUT2D eigenvalue weighted by Crippen LogP contribution is -2.28. The maximum atomic E-state index is 14.2. The van der Waals surface area contributed by atoms with Crippen molar-refractivity contribution in [2.75, 3.05) is 6.54 Å². The molecule has 1 aromatic carbocycles. The quantitative estimate of drug-likeness (QED) is 0.500. The van der Waals surface area contributed by atoms with Crippen LogP contribution in [0, 0.1) is 18.6 Å². The second-order valence-corrected chi connectivity index (χ2v) is 8.07. The molecule has 0 saturated carbocycles. The third-order valence-electron chi connectivity index (χ3n) is 4.68. The predicted octanol–water partition coefficient (Wildman–Crippen LogP) is 4.71. The largest absolute Gasteiger partial charge is 0.350 e. The SMILES string of the molecule is Cc1cc2c(cc(C(=O)NCCc3ccccn3)n2Cc2ccc(F)cc2F)s1. The van der Waals surface area contributed by atoms with Gasteiger partial charge in [0.05, 0.1) is 16.8 Å².